The number of halogens is 1. The molecule has 102 valence electrons. The van der Waals surface area contributed by atoms with Gasteiger partial charge in [-0.25, -0.2) is 4.79 Å². The number of ether oxygens (including phenoxy) is 1. The second kappa shape index (κ2) is 6.66. The van der Waals surface area contributed by atoms with Gasteiger partial charge in [-0.15, -0.1) is 0 Å². The van der Waals surface area contributed by atoms with Gasteiger partial charge in [-0.1, -0.05) is 54.6 Å². The third-order valence-electron chi connectivity index (χ3n) is 2.78. The van der Waals surface area contributed by atoms with Crippen molar-refractivity contribution in [2.24, 2.45) is 0 Å². The minimum atomic E-state index is -0.931. The molecule has 0 unspecified atom stereocenters. The van der Waals surface area contributed by atoms with Gasteiger partial charge >= 0.3 is 5.97 Å². The zero-order valence-electron chi connectivity index (χ0n) is 11.2. The predicted molar refractivity (Wildman–Crippen MR) is 77.6 cm³/mol. The van der Waals surface area contributed by atoms with Crippen LogP contribution in [0.1, 0.15) is 12.5 Å². The molecule has 0 aliphatic rings. The molecule has 0 bridgehead atoms. The van der Waals surface area contributed by atoms with E-state index in [1.807, 2.05) is 42.5 Å². The summed E-state index contributed by atoms with van der Waals surface area (Å²) in [4.78, 5) is 11.2. The maximum atomic E-state index is 13.5. The Balaban J connectivity index is 2.17. The zero-order chi connectivity index (χ0) is 14.4. The van der Waals surface area contributed by atoms with E-state index in [4.69, 9.17) is 0 Å². The van der Waals surface area contributed by atoms with Crippen LogP contribution in [0.4, 0.5) is 4.39 Å². The van der Waals surface area contributed by atoms with Gasteiger partial charge in [0.05, 0.1) is 6.61 Å². The molecule has 3 heteroatoms. The van der Waals surface area contributed by atoms with Crippen molar-refractivity contribution < 1.29 is 13.9 Å². The molecule has 2 aromatic carbocycles. The summed E-state index contributed by atoms with van der Waals surface area (Å²) in [5.41, 5.74) is 2.75. The Kier molecular flexibility index (Phi) is 4.66. The number of carbonyl (C=O) groups is 1. The van der Waals surface area contributed by atoms with Gasteiger partial charge in [0.2, 0.25) is 5.83 Å². The second-order valence-corrected chi connectivity index (χ2v) is 4.20. The number of esters is 1. The van der Waals surface area contributed by atoms with Crippen molar-refractivity contribution in [2.75, 3.05) is 6.61 Å². The summed E-state index contributed by atoms with van der Waals surface area (Å²) in [6.45, 7) is 1.80. The summed E-state index contributed by atoms with van der Waals surface area (Å²) in [6, 6.07) is 17.2. The molecule has 0 spiro atoms. The molecule has 0 radical (unpaired) electrons. The normalized spacial score (nSPS) is 11.2. The molecule has 0 N–H and O–H groups in total. The number of hydrogen-bond donors (Lipinski definition) is 0. The molecule has 0 aliphatic carbocycles. The van der Waals surface area contributed by atoms with Gasteiger partial charge in [0.25, 0.3) is 0 Å². The molecule has 2 nitrogen and oxygen atoms in total. The van der Waals surface area contributed by atoms with Crippen molar-refractivity contribution in [1.82, 2.24) is 0 Å². The van der Waals surface area contributed by atoms with E-state index in [0.29, 0.717) is 5.56 Å². The van der Waals surface area contributed by atoms with Crippen LogP contribution in [0.2, 0.25) is 0 Å². The van der Waals surface area contributed by atoms with E-state index in [2.05, 4.69) is 4.74 Å². The van der Waals surface area contributed by atoms with E-state index >= 15 is 0 Å². The summed E-state index contributed by atoms with van der Waals surface area (Å²) < 4.78 is 18.1. The van der Waals surface area contributed by atoms with Crippen LogP contribution >= 0.6 is 0 Å². The highest BCUT2D eigenvalue weighted by Crippen LogP contribution is 2.20. The molecule has 2 rings (SSSR count). The van der Waals surface area contributed by atoms with Crippen LogP contribution in [0.15, 0.2) is 60.4 Å². The lowest BCUT2D eigenvalue weighted by Gasteiger charge is -2.02. The number of hydrogen-bond acceptors (Lipinski definition) is 2. The Hall–Kier alpha value is -2.42. The van der Waals surface area contributed by atoms with Gasteiger partial charge in [-0.2, -0.15) is 4.39 Å². The summed E-state index contributed by atoms with van der Waals surface area (Å²) in [5.74, 6) is -1.82. The SMILES string of the molecule is CCOC(=O)/C(F)=C/c1ccc(-c2ccccc2)cc1. The summed E-state index contributed by atoms with van der Waals surface area (Å²) >= 11 is 0. The topological polar surface area (TPSA) is 26.3 Å². The average Bonchev–Trinajstić information content (AvgIpc) is 2.49. The molecule has 0 aliphatic heterocycles. The van der Waals surface area contributed by atoms with Crippen LogP contribution in [0, 0.1) is 0 Å². The first kappa shape index (κ1) is 14.0. The van der Waals surface area contributed by atoms with Crippen LogP contribution in [0.5, 0.6) is 0 Å². The fraction of sp³-hybridized carbons (Fsp3) is 0.118. The largest absolute Gasteiger partial charge is 0.461 e. The van der Waals surface area contributed by atoms with Crippen LogP contribution < -0.4 is 0 Å². The first-order chi connectivity index (χ1) is 9.70. The molecular weight excluding hydrogens is 255 g/mol. The van der Waals surface area contributed by atoms with Gasteiger partial charge in [-0.05, 0) is 29.7 Å². The predicted octanol–water partition coefficient (Wildman–Crippen LogP) is 4.23. The Morgan fingerprint density at radius 1 is 1.05 bits per heavy atom. The van der Waals surface area contributed by atoms with Crippen molar-refractivity contribution in [3.8, 4) is 11.1 Å². The third-order valence-corrected chi connectivity index (χ3v) is 2.78. The molecule has 0 saturated carbocycles. The minimum Gasteiger partial charge on any atom is -0.461 e. The van der Waals surface area contributed by atoms with Crippen molar-refractivity contribution in [1.29, 1.82) is 0 Å². The Morgan fingerprint density at radius 3 is 2.25 bits per heavy atom. The van der Waals surface area contributed by atoms with Crippen LogP contribution in [-0.4, -0.2) is 12.6 Å². The highest BCUT2D eigenvalue weighted by atomic mass is 19.1. The quantitative estimate of drug-likeness (QED) is 0.614. The monoisotopic (exact) mass is 270 g/mol. The molecule has 0 aromatic heterocycles. The molecular formula is C17H15FO2. The maximum Gasteiger partial charge on any atom is 0.367 e. The lowest BCUT2D eigenvalue weighted by Crippen LogP contribution is -2.03. The van der Waals surface area contributed by atoms with Gasteiger partial charge in [0.15, 0.2) is 0 Å². The fourth-order valence-corrected chi connectivity index (χ4v) is 1.81. The van der Waals surface area contributed by atoms with E-state index in [-0.39, 0.29) is 6.61 Å². The highest BCUT2D eigenvalue weighted by molar-refractivity contribution is 5.91. The molecule has 2 aromatic rings. The number of benzene rings is 2. The maximum absolute atomic E-state index is 13.5. The first-order valence-corrected chi connectivity index (χ1v) is 6.40. The highest BCUT2D eigenvalue weighted by Gasteiger charge is 2.09. The minimum absolute atomic E-state index is 0.160. The lowest BCUT2D eigenvalue weighted by molar-refractivity contribution is -0.140. The van der Waals surface area contributed by atoms with E-state index in [9.17, 15) is 9.18 Å². The van der Waals surface area contributed by atoms with E-state index < -0.39 is 11.8 Å². The van der Waals surface area contributed by atoms with Crippen molar-refractivity contribution >= 4 is 12.0 Å². The van der Waals surface area contributed by atoms with Crippen molar-refractivity contribution in [3.05, 3.63) is 66.0 Å². The molecule has 20 heavy (non-hydrogen) atoms. The molecule has 0 heterocycles. The second-order valence-electron chi connectivity index (χ2n) is 4.20. The molecule has 0 saturated heterocycles. The first-order valence-electron chi connectivity index (χ1n) is 6.40. The Morgan fingerprint density at radius 2 is 1.65 bits per heavy atom. The fourth-order valence-electron chi connectivity index (χ4n) is 1.81. The zero-order valence-corrected chi connectivity index (χ0v) is 11.2. The molecule has 0 fully saturated rings. The molecule has 0 atom stereocenters. The van der Waals surface area contributed by atoms with Gasteiger partial charge in [-0.3, -0.25) is 0 Å². The lowest BCUT2D eigenvalue weighted by atomic mass is 10.0. The summed E-state index contributed by atoms with van der Waals surface area (Å²) in [6.07, 6.45) is 1.17. The van der Waals surface area contributed by atoms with Gasteiger partial charge < -0.3 is 4.74 Å². The smallest absolute Gasteiger partial charge is 0.367 e. The number of rotatable bonds is 4. The van der Waals surface area contributed by atoms with Crippen LogP contribution in [0.25, 0.3) is 17.2 Å². The Bertz CT molecular complexity index is 601. The Labute approximate surface area is 117 Å². The third kappa shape index (κ3) is 3.54. The van der Waals surface area contributed by atoms with Crippen LogP contribution in [-0.2, 0) is 9.53 Å². The molecule has 0 amide bonds. The summed E-state index contributed by atoms with van der Waals surface area (Å²) in [7, 11) is 0. The summed E-state index contributed by atoms with van der Waals surface area (Å²) in [5, 5.41) is 0. The van der Waals surface area contributed by atoms with Crippen LogP contribution in [0.3, 0.4) is 0 Å². The number of carbonyl (C=O) groups excluding carboxylic acids is 1. The van der Waals surface area contributed by atoms with Gasteiger partial charge in [0, 0.05) is 0 Å². The average molecular weight is 270 g/mol. The van der Waals surface area contributed by atoms with E-state index in [0.717, 1.165) is 11.1 Å². The standard InChI is InChI=1S/C17H15FO2/c1-2-20-17(19)16(18)12-13-8-10-15(11-9-13)14-6-4-3-5-7-14/h3-12H,2H2,1H3/b16-12-. The van der Waals surface area contributed by atoms with E-state index in [1.54, 1.807) is 19.1 Å². The van der Waals surface area contributed by atoms with Crippen molar-refractivity contribution in [3.63, 3.8) is 0 Å². The van der Waals surface area contributed by atoms with Crippen molar-refractivity contribution in [2.45, 2.75) is 6.92 Å². The van der Waals surface area contributed by atoms with Gasteiger partial charge in [0.1, 0.15) is 0 Å². The van der Waals surface area contributed by atoms with E-state index in [1.165, 1.54) is 6.08 Å².